The molecule has 1 atom stereocenters. The number of ether oxygens (including phenoxy) is 2. The monoisotopic (exact) mass is 586 g/mol. The molecule has 0 spiro atoms. The molecule has 1 unspecified atom stereocenters. The van der Waals surface area contributed by atoms with Crippen molar-refractivity contribution < 1.29 is 23.9 Å². The Morgan fingerprint density at radius 3 is 2.26 bits per heavy atom. The lowest BCUT2D eigenvalue weighted by molar-refractivity contribution is -0.121. The van der Waals surface area contributed by atoms with Gasteiger partial charge in [-0.3, -0.25) is 14.4 Å². The zero-order valence-corrected chi connectivity index (χ0v) is 24.4. The molecule has 0 fully saturated rings. The SMILES string of the molecule is COCCN(CC(=O)Nc1nc(CC(=O)NC(Cc2ccccc2)c2ccccc2)cs1)C(=O)c1ccc(OC)cc1. The molecule has 0 saturated carbocycles. The van der Waals surface area contributed by atoms with Gasteiger partial charge in [-0.15, -0.1) is 11.3 Å². The second-order valence-electron chi connectivity index (χ2n) is 9.54. The van der Waals surface area contributed by atoms with E-state index in [9.17, 15) is 14.4 Å². The van der Waals surface area contributed by atoms with Crippen molar-refractivity contribution in [1.29, 1.82) is 0 Å². The Morgan fingerprint density at radius 1 is 0.905 bits per heavy atom. The fourth-order valence-corrected chi connectivity index (χ4v) is 5.07. The van der Waals surface area contributed by atoms with E-state index in [-0.39, 0.29) is 44.0 Å². The highest BCUT2D eigenvalue weighted by atomic mass is 32.1. The van der Waals surface area contributed by atoms with Crippen LogP contribution in [-0.2, 0) is 27.2 Å². The number of benzene rings is 3. The van der Waals surface area contributed by atoms with Crippen molar-refractivity contribution in [3.63, 3.8) is 0 Å². The first-order chi connectivity index (χ1) is 20.4. The van der Waals surface area contributed by atoms with Crippen LogP contribution in [0.1, 0.15) is 33.2 Å². The number of nitrogens with one attached hydrogen (secondary N) is 2. The van der Waals surface area contributed by atoms with Crippen LogP contribution in [-0.4, -0.2) is 61.5 Å². The van der Waals surface area contributed by atoms with Crippen LogP contribution in [0.2, 0.25) is 0 Å². The number of methoxy groups -OCH3 is 2. The molecular weight excluding hydrogens is 552 g/mol. The van der Waals surface area contributed by atoms with Gasteiger partial charge in [-0.05, 0) is 41.8 Å². The number of thiazole rings is 1. The van der Waals surface area contributed by atoms with Gasteiger partial charge >= 0.3 is 0 Å². The van der Waals surface area contributed by atoms with Crippen LogP contribution in [0.3, 0.4) is 0 Å². The number of aromatic nitrogens is 1. The number of nitrogens with zero attached hydrogens (tertiary/aromatic N) is 2. The highest BCUT2D eigenvalue weighted by Crippen LogP contribution is 2.20. The van der Waals surface area contributed by atoms with Crippen LogP contribution in [0.5, 0.6) is 5.75 Å². The van der Waals surface area contributed by atoms with Gasteiger partial charge in [-0.25, -0.2) is 4.98 Å². The molecule has 4 rings (SSSR count). The molecule has 0 aliphatic heterocycles. The van der Waals surface area contributed by atoms with Crippen molar-refractivity contribution in [3.05, 3.63) is 113 Å². The Balaban J connectivity index is 1.35. The average molecular weight is 587 g/mol. The highest BCUT2D eigenvalue weighted by molar-refractivity contribution is 7.13. The normalized spacial score (nSPS) is 11.4. The summed E-state index contributed by atoms with van der Waals surface area (Å²) in [5.74, 6) is -0.235. The molecule has 42 heavy (non-hydrogen) atoms. The van der Waals surface area contributed by atoms with Gasteiger partial charge < -0.3 is 25.0 Å². The molecule has 0 aliphatic rings. The largest absolute Gasteiger partial charge is 0.497 e. The molecule has 218 valence electrons. The Bertz CT molecular complexity index is 1440. The van der Waals surface area contributed by atoms with E-state index in [1.807, 2.05) is 60.7 Å². The van der Waals surface area contributed by atoms with E-state index in [1.165, 1.54) is 23.3 Å². The summed E-state index contributed by atoms with van der Waals surface area (Å²) in [6, 6.07) is 26.4. The quantitative estimate of drug-likeness (QED) is 0.225. The van der Waals surface area contributed by atoms with E-state index in [1.54, 1.807) is 36.8 Å². The molecule has 4 aromatic rings. The summed E-state index contributed by atoms with van der Waals surface area (Å²) in [7, 11) is 3.09. The molecule has 0 bridgehead atoms. The molecule has 0 saturated heterocycles. The van der Waals surface area contributed by atoms with Crippen LogP contribution >= 0.6 is 11.3 Å². The zero-order chi connectivity index (χ0) is 29.7. The first kappa shape index (κ1) is 30.4. The van der Waals surface area contributed by atoms with Gasteiger partial charge in [0.2, 0.25) is 11.8 Å². The summed E-state index contributed by atoms with van der Waals surface area (Å²) in [5.41, 5.74) is 3.12. The Labute approximate surface area is 249 Å². The minimum absolute atomic E-state index is 0.0699. The van der Waals surface area contributed by atoms with Crippen LogP contribution in [0.25, 0.3) is 0 Å². The van der Waals surface area contributed by atoms with Crippen molar-refractivity contribution in [2.75, 3.05) is 39.2 Å². The summed E-state index contributed by atoms with van der Waals surface area (Å²) in [6.45, 7) is 0.339. The molecule has 3 amide bonds. The molecule has 2 N–H and O–H groups in total. The van der Waals surface area contributed by atoms with E-state index < -0.39 is 5.91 Å². The van der Waals surface area contributed by atoms with E-state index >= 15 is 0 Å². The highest BCUT2D eigenvalue weighted by Gasteiger charge is 2.21. The predicted octanol–water partition coefficient (Wildman–Crippen LogP) is 4.52. The van der Waals surface area contributed by atoms with Crippen LogP contribution in [0.4, 0.5) is 5.13 Å². The lowest BCUT2D eigenvalue weighted by Crippen LogP contribution is -2.40. The number of carbonyl (C=O) groups excluding carboxylic acids is 3. The lowest BCUT2D eigenvalue weighted by atomic mass is 9.98. The van der Waals surface area contributed by atoms with Gasteiger partial charge in [0.1, 0.15) is 12.3 Å². The molecule has 3 aromatic carbocycles. The third-order valence-corrected chi connectivity index (χ3v) is 7.29. The van der Waals surface area contributed by atoms with Crippen LogP contribution in [0, 0.1) is 0 Å². The van der Waals surface area contributed by atoms with Gasteiger partial charge in [-0.1, -0.05) is 60.7 Å². The van der Waals surface area contributed by atoms with Crippen molar-refractivity contribution in [1.82, 2.24) is 15.2 Å². The van der Waals surface area contributed by atoms with Crippen molar-refractivity contribution >= 4 is 34.2 Å². The number of hydrogen-bond acceptors (Lipinski definition) is 7. The third-order valence-electron chi connectivity index (χ3n) is 6.48. The maximum Gasteiger partial charge on any atom is 0.254 e. The van der Waals surface area contributed by atoms with Crippen molar-refractivity contribution in [2.45, 2.75) is 18.9 Å². The number of hydrogen-bond donors (Lipinski definition) is 2. The molecular formula is C32H34N4O5S. The summed E-state index contributed by atoms with van der Waals surface area (Å²) < 4.78 is 10.3. The minimum Gasteiger partial charge on any atom is -0.497 e. The fraction of sp³-hybridized carbons (Fsp3) is 0.250. The fourth-order valence-electron chi connectivity index (χ4n) is 4.34. The maximum absolute atomic E-state index is 13.1. The molecule has 10 heteroatoms. The average Bonchev–Trinajstić information content (AvgIpc) is 3.45. The molecule has 1 aromatic heterocycles. The minimum atomic E-state index is -0.398. The second-order valence-corrected chi connectivity index (χ2v) is 10.4. The molecule has 0 aliphatic carbocycles. The predicted molar refractivity (Wildman–Crippen MR) is 163 cm³/mol. The zero-order valence-electron chi connectivity index (χ0n) is 23.6. The second kappa shape index (κ2) is 15.5. The molecule has 9 nitrogen and oxygen atoms in total. The van der Waals surface area contributed by atoms with Gasteiger partial charge in [0.25, 0.3) is 5.91 Å². The van der Waals surface area contributed by atoms with Gasteiger partial charge in [0.15, 0.2) is 5.13 Å². The van der Waals surface area contributed by atoms with Crippen LogP contribution < -0.4 is 15.4 Å². The Kier molecular flexibility index (Phi) is 11.2. The first-order valence-corrected chi connectivity index (χ1v) is 14.4. The summed E-state index contributed by atoms with van der Waals surface area (Å²) in [6.07, 6.45) is 0.726. The van der Waals surface area contributed by atoms with Crippen molar-refractivity contribution in [3.8, 4) is 5.75 Å². The number of carbonyl (C=O) groups is 3. The van der Waals surface area contributed by atoms with E-state index in [2.05, 4.69) is 15.6 Å². The third kappa shape index (κ3) is 8.98. The summed E-state index contributed by atoms with van der Waals surface area (Å²) >= 11 is 1.23. The van der Waals surface area contributed by atoms with Crippen molar-refractivity contribution in [2.24, 2.45) is 0 Å². The number of amides is 3. The van der Waals surface area contributed by atoms with Gasteiger partial charge in [0, 0.05) is 24.6 Å². The van der Waals surface area contributed by atoms with Gasteiger partial charge in [-0.2, -0.15) is 0 Å². The summed E-state index contributed by atoms with van der Waals surface area (Å²) in [5, 5.41) is 7.99. The standard InChI is InChI=1S/C32H34N4O5S/c1-40-18-17-36(31(39)25-13-15-27(41-2)16-14-25)21-30(38)35-32-33-26(22-42-32)20-29(37)34-28(24-11-7-4-8-12-24)19-23-9-5-3-6-10-23/h3-16,22,28H,17-21H2,1-2H3,(H,34,37)(H,33,35,38). The lowest BCUT2D eigenvalue weighted by Gasteiger charge is -2.21. The maximum atomic E-state index is 13.1. The first-order valence-electron chi connectivity index (χ1n) is 13.5. The van der Waals surface area contributed by atoms with E-state index in [0.717, 1.165) is 11.1 Å². The Hall–Kier alpha value is -4.54. The van der Waals surface area contributed by atoms with Gasteiger partial charge in [0.05, 0.1) is 31.9 Å². The smallest absolute Gasteiger partial charge is 0.254 e. The number of anilines is 1. The summed E-state index contributed by atoms with van der Waals surface area (Å²) in [4.78, 5) is 44.8. The van der Waals surface area contributed by atoms with E-state index in [4.69, 9.17) is 9.47 Å². The topological polar surface area (TPSA) is 110 Å². The molecule has 1 heterocycles. The number of rotatable bonds is 14. The Morgan fingerprint density at radius 2 is 1.60 bits per heavy atom. The molecule has 0 radical (unpaired) electrons. The van der Waals surface area contributed by atoms with Crippen LogP contribution in [0.15, 0.2) is 90.3 Å². The van der Waals surface area contributed by atoms with E-state index in [0.29, 0.717) is 28.6 Å².